The molecule has 2 rings (SSSR count). The second-order valence-electron chi connectivity index (χ2n) is 4.39. The molecule has 20 heavy (non-hydrogen) atoms. The van der Waals surface area contributed by atoms with Gasteiger partial charge in [-0.05, 0) is 35.4 Å². The zero-order valence-corrected chi connectivity index (χ0v) is 11.1. The van der Waals surface area contributed by atoms with E-state index < -0.39 is 6.04 Å². The van der Waals surface area contributed by atoms with E-state index in [1.54, 1.807) is 19.2 Å². The zero-order valence-electron chi connectivity index (χ0n) is 11.1. The lowest BCUT2D eigenvalue weighted by Gasteiger charge is -2.14. The van der Waals surface area contributed by atoms with E-state index in [9.17, 15) is 9.65 Å². The van der Waals surface area contributed by atoms with Crippen LogP contribution >= 0.6 is 0 Å². The predicted octanol–water partition coefficient (Wildman–Crippen LogP) is 3.65. The highest BCUT2D eigenvalue weighted by molar-refractivity contribution is 5.47. The van der Waals surface area contributed by atoms with Crippen molar-refractivity contribution in [3.8, 4) is 6.07 Å². The van der Waals surface area contributed by atoms with Crippen LogP contribution < -0.4 is 5.32 Å². The lowest BCUT2D eigenvalue weighted by atomic mass is 10.0. The number of hydrogen-bond donors (Lipinski definition) is 1. The molecular formula is C16H15FN2O. The van der Waals surface area contributed by atoms with Gasteiger partial charge in [-0.25, -0.2) is 4.39 Å². The first-order chi connectivity index (χ1) is 9.72. The van der Waals surface area contributed by atoms with E-state index >= 15 is 0 Å². The smallest absolute Gasteiger partial charge is 0.140 e. The average molecular weight is 270 g/mol. The van der Waals surface area contributed by atoms with Crippen molar-refractivity contribution in [1.29, 1.82) is 5.26 Å². The van der Waals surface area contributed by atoms with E-state index in [1.807, 2.05) is 24.3 Å². The van der Waals surface area contributed by atoms with Crippen molar-refractivity contribution in [2.75, 3.05) is 12.4 Å². The van der Waals surface area contributed by atoms with E-state index in [-0.39, 0.29) is 5.82 Å². The van der Waals surface area contributed by atoms with Crippen molar-refractivity contribution in [2.24, 2.45) is 0 Å². The highest BCUT2D eigenvalue weighted by Gasteiger charge is 2.10. The number of nitrogens with zero attached hydrogens (tertiary/aromatic N) is 1. The van der Waals surface area contributed by atoms with Gasteiger partial charge in [0.25, 0.3) is 0 Å². The zero-order chi connectivity index (χ0) is 14.4. The Hall–Kier alpha value is -2.38. The summed E-state index contributed by atoms with van der Waals surface area (Å²) in [6.07, 6.45) is 0. The molecule has 2 aromatic carbocycles. The number of rotatable bonds is 5. The second-order valence-corrected chi connectivity index (χ2v) is 4.39. The third-order valence-electron chi connectivity index (χ3n) is 2.88. The van der Waals surface area contributed by atoms with Gasteiger partial charge < -0.3 is 10.1 Å². The van der Waals surface area contributed by atoms with Crippen molar-refractivity contribution in [2.45, 2.75) is 12.6 Å². The summed E-state index contributed by atoms with van der Waals surface area (Å²) in [5.41, 5.74) is 2.56. The van der Waals surface area contributed by atoms with Crippen molar-refractivity contribution >= 4 is 5.69 Å². The summed E-state index contributed by atoms with van der Waals surface area (Å²) < 4.78 is 17.9. The van der Waals surface area contributed by atoms with Crippen molar-refractivity contribution in [3.05, 3.63) is 65.5 Å². The van der Waals surface area contributed by atoms with E-state index in [4.69, 9.17) is 4.74 Å². The van der Waals surface area contributed by atoms with Crippen LogP contribution in [0.25, 0.3) is 0 Å². The summed E-state index contributed by atoms with van der Waals surface area (Å²) in [6.45, 7) is 0.503. The molecule has 0 radical (unpaired) electrons. The van der Waals surface area contributed by atoms with Gasteiger partial charge in [-0.1, -0.05) is 24.3 Å². The first-order valence-corrected chi connectivity index (χ1v) is 6.22. The normalized spacial score (nSPS) is 11.7. The molecule has 0 aromatic heterocycles. The summed E-state index contributed by atoms with van der Waals surface area (Å²) in [5, 5.41) is 12.4. The Morgan fingerprint density at radius 1 is 1.25 bits per heavy atom. The van der Waals surface area contributed by atoms with Gasteiger partial charge in [-0.15, -0.1) is 0 Å². The van der Waals surface area contributed by atoms with Crippen molar-refractivity contribution < 1.29 is 9.13 Å². The summed E-state index contributed by atoms with van der Waals surface area (Å²) >= 11 is 0. The van der Waals surface area contributed by atoms with Crippen molar-refractivity contribution in [3.63, 3.8) is 0 Å². The number of ether oxygens (including phenoxy) is 1. The minimum absolute atomic E-state index is 0.300. The molecule has 0 aliphatic heterocycles. The first kappa shape index (κ1) is 14.0. The molecule has 0 amide bonds. The molecule has 0 heterocycles. The molecule has 0 fully saturated rings. The molecule has 0 aliphatic carbocycles. The predicted molar refractivity (Wildman–Crippen MR) is 75.5 cm³/mol. The number of hydrogen-bond acceptors (Lipinski definition) is 3. The number of halogens is 1. The topological polar surface area (TPSA) is 45.0 Å². The van der Waals surface area contributed by atoms with Crippen LogP contribution in [0, 0.1) is 17.1 Å². The third kappa shape index (κ3) is 3.56. The van der Waals surface area contributed by atoms with E-state index in [2.05, 4.69) is 11.4 Å². The maximum absolute atomic E-state index is 12.9. The van der Waals surface area contributed by atoms with E-state index in [1.165, 1.54) is 12.1 Å². The molecule has 1 atom stereocenters. The maximum Gasteiger partial charge on any atom is 0.140 e. The summed E-state index contributed by atoms with van der Waals surface area (Å²) in [6, 6.07) is 15.3. The highest BCUT2D eigenvalue weighted by atomic mass is 19.1. The van der Waals surface area contributed by atoms with Crippen LogP contribution in [0.5, 0.6) is 0 Å². The highest BCUT2D eigenvalue weighted by Crippen LogP contribution is 2.20. The Balaban J connectivity index is 2.17. The molecule has 0 saturated carbocycles. The van der Waals surface area contributed by atoms with Gasteiger partial charge in [0.15, 0.2) is 0 Å². The molecule has 3 nitrogen and oxygen atoms in total. The number of nitrogens with one attached hydrogen (secondary N) is 1. The number of benzene rings is 2. The Morgan fingerprint density at radius 3 is 2.65 bits per heavy atom. The minimum Gasteiger partial charge on any atom is -0.380 e. The fourth-order valence-electron chi connectivity index (χ4n) is 1.93. The Labute approximate surface area is 117 Å². The molecule has 0 saturated heterocycles. The molecule has 0 spiro atoms. The average Bonchev–Trinajstić information content (AvgIpc) is 2.47. The Kier molecular flexibility index (Phi) is 4.70. The van der Waals surface area contributed by atoms with Gasteiger partial charge in [0.2, 0.25) is 0 Å². The van der Waals surface area contributed by atoms with Gasteiger partial charge in [0.1, 0.15) is 11.9 Å². The van der Waals surface area contributed by atoms with E-state index in [0.717, 1.165) is 11.1 Å². The SMILES string of the molecule is COCc1cccc(C(C#N)Nc2ccc(F)cc2)c1. The van der Waals surface area contributed by atoms with Crippen LogP contribution in [0.1, 0.15) is 17.2 Å². The van der Waals surface area contributed by atoms with Gasteiger partial charge in [-0.3, -0.25) is 0 Å². The number of nitriles is 1. The molecule has 102 valence electrons. The summed E-state index contributed by atoms with van der Waals surface area (Å²) in [5.74, 6) is -0.300. The molecular weight excluding hydrogens is 255 g/mol. The first-order valence-electron chi connectivity index (χ1n) is 6.22. The Morgan fingerprint density at radius 2 is 2.00 bits per heavy atom. The summed E-state index contributed by atoms with van der Waals surface area (Å²) in [4.78, 5) is 0. The largest absolute Gasteiger partial charge is 0.380 e. The standard InChI is InChI=1S/C16H15FN2O/c1-20-11-12-3-2-4-13(9-12)16(10-18)19-15-7-5-14(17)6-8-15/h2-9,16,19H,11H2,1H3. The van der Waals surface area contributed by atoms with Crippen LogP contribution in [0.15, 0.2) is 48.5 Å². The van der Waals surface area contributed by atoms with Crippen LogP contribution in [0.2, 0.25) is 0 Å². The van der Waals surface area contributed by atoms with Crippen LogP contribution in [0.4, 0.5) is 10.1 Å². The van der Waals surface area contributed by atoms with Gasteiger partial charge in [-0.2, -0.15) is 5.26 Å². The molecule has 0 aliphatic rings. The molecule has 4 heteroatoms. The Bertz CT molecular complexity index is 605. The lowest BCUT2D eigenvalue weighted by molar-refractivity contribution is 0.185. The lowest BCUT2D eigenvalue weighted by Crippen LogP contribution is -2.09. The van der Waals surface area contributed by atoms with Crippen molar-refractivity contribution in [1.82, 2.24) is 0 Å². The molecule has 1 N–H and O–H groups in total. The van der Waals surface area contributed by atoms with Gasteiger partial charge >= 0.3 is 0 Å². The quantitative estimate of drug-likeness (QED) is 0.902. The number of methoxy groups -OCH3 is 1. The fraction of sp³-hybridized carbons (Fsp3) is 0.188. The molecule has 1 unspecified atom stereocenters. The van der Waals surface area contributed by atoms with Crippen LogP contribution in [-0.2, 0) is 11.3 Å². The molecule has 2 aromatic rings. The second kappa shape index (κ2) is 6.69. The fourth-order valence-corrected chi connectivity index (χ4v) is 1.93. The van der Waals surface area contributed by atoms with Crippen LogP contribution in [-0.4, -0.2) is 7.11 Å². The van der Waals surface area contributed by atoms with Gasteiger partial charge in [0, 0.05) is 12.8 Å². The summed E-state index contributed by atoms with van der Waals surface area (Å²) in [7, 11) is 1.63. The van der Waals surface area contributed by atoms with Crippen LogP contribution in [0.3, 0.4) is 0 Å². The number of anilines is 1. The van der Waals surface area contributed by atoms with E-state index in [0.29, 0.717) is 12.3 Å². The molecule has 0 bridgehead atoms. The third-order valence-corrected chi connectivity index (χ3v) is 2.88. The minimum atomic E-state index is -0.489. The van der Waals surface area contributed by atoms with Gasteiger partial charge in [0.05, 0.1) is 12.7 Å². The maximum atomic E-state index is 12.9. The monoisotopic (exact) mass is 270 g/mol.